The van der Waals surface area contributed by atoms with Gasteiger partial charge in [0.05, 0.1) is 27.7 Å². The standard InChI is InChI=1S/C46H76NO8P/c1-6-8-10-12-14-16-18-20-22-23-25-26-28-30-32-34-36-38-45(48)52-42-44(43-54-56(50,51)53-41-40-47(3,4)5)55-46(49)39-37-35-33-31-29-27-24-21-19-17-15-13-11-9-7-2/h9,11,13-17,19-22,24-26,30,32,44H,6-8,10,12,18,23,27-29,31,33-43H2,1-5H3/b11-9+,15-13+,16-14+,19-17+,22-20+,24-21+,26-25+,32-30+/t44-/m1/s1. The number of carbonyl (C=O) groups excluding carboxylic acids is 2. The van der Waals surface area contributed by atoms with Crippen LogP contribution in [0.2, 0.25) is 0 Å². The van der Waals surface area contributed by atoms with Crippen LogP contribution < -0.4 is 4.89 Å². The minimum absolute atomic E-state index is 0.0503. The molecule has 0 heterocycles. The first-order valence-electron chi connectivity index (χ1n) is 21.0. The first kappa shape index (κ1) is 52.9. The molecule has 0 radical (unpaired) electrons. The molecule has 0 saturated heterocycles. The summed E-state index contributed by atoms with van der Waals surface area (Å²) < 4.78 is 33.8. The van der Waals surface area contributed by atoms with Gasteiger partial charge in [0.25, 0.3) is 7.82 Å². The van der Waals surface area contributed by atoms with Gasteiger partial charge in [0.15, 0.2) is 6.10 Å². The highest BCUT2D eigenvalue weighted by Gasteiger charge is 2.21. The zero-order valence-electron chi connectivity index (χ0n) is 35.5. The summed E-state index contributed by atoms with van der Waals surface area (Å²) in [6, 6.07) is 0. The van der Waals surface area contributed by atoms with E-state index in [1.54, 1.807) is 0 Å². The zero-order chi connectivity index (χ0) is 41.4. The van der Waals surface area contributed by atoms with Crippen molar-refractivity contribution in [3.63, 3.8) is 0 Å². The number of allylic oxidation sites excluding steroid dienone is 16. The Balaban J connectivity index is 4.55. The normalized spacial score (nSPS) is 14.6. The molecule has 318 valence electrons. The fourth-order valence-electron chi connectivity index (χ4n) is 4.89. The van der Waals surface area contributed by atoms with E-state index in [0.29, 0.717) is 23.9 Å². The van der Waals surface area contributed by atoms with Gasteiger partial charge in [-0.15, -0.1) is 0 Å². The third kappa shape index (κ3) is 40.6. The Labute approximate surface area is 341 Å². The number of quaternary nitrogens is 1. The molecule has 56 heavy (non-hydrogen) atoms. The largest absolute Gasteiger partial charge is 0.756 e. The molecule has 0 fully saturated rings. The molecule has 9 nitrogen and oxygen atoms in total. The van der Waals surface area contributed by atoms with E-state index in [2.05, 4.69) is 74.6 Å². The van der Waals surface area contributed by atoms with Gasteiger partial charge in [-0.05, 0) is 70.6 Å². The summed E-state index contributed by atoms with van der Waals surface area (Å²) in [6.07, 6.45) is 48.7. The van der Waals surface area contributed by atoms with E-state index in [-0.39, 0.29) is 26.1 Å². The lowest BCUT2D eigenvalue weighted by Crippen LogP contribution is -2.37. The predicted octanol–water partition coefficient (Wildman–Crippen LogP) is 11.2. The number of nitrogens with zero attached hydrogens (tertiary/aromatic N) is 1. The first-order valence-corrected chi connectivity index (χ1v) is 22.5. The SMILES string of the molecule is CC/C=C/C=C/C=C/C=C/CCCCCCCC(=O)O[C@H](COC(=O)CCC/C=C/C/C=C/C/C=C/C/C=C/CCCCC)COP(=O)([O-])OCC[N+](C)(C)C. The van der Waals surface area contributed by atoms with E-state index in [0.717, 1.165) is 64.2 Å². The van der Waals surface area contributed by atoms with Crippen LogP contribution in [0.25, 0.3) is 0 Å². The average Bonchev–Trinajstić information content (AvgIpc) is 3.15. The summed E-state index contributed by atoms with van der Waals surface area (Å²) in [5.74, 6) is -0.940. The Morgan fingerprint density at radius 2 is 1.11 bits per heavy atom. The van der Waals surface area contributed by atoms with Gasteiger partial charge in [-0.1, -0.05) is 143 Å². The van der Waals surface area contributed by atoms with Gasteiger partial charge in [-0.3, -0.25) is 14.2 Å². The Morgan fingerprint density at radius 3 is 1.73 bits per heavy atom. The molecule has 0 aliphatic heterocycles. The Hall–Kier alpha value is -3.07. The van der Waals surface area contributed by atoms with Crippen LogP contribution in [-0.4, -0.2) is 70.0 Å². The quantitative estimate of drug-likeness (QED) is 0.0154. The van der Waals surface area contributed by atoms with Crippen LogP contribution in [0, 0.1) is 0 Å². The van der Waals surface area contributed by atoms with Crippen LogP contribution >= 0.6 is 7.82 Å². The molecule has 0 aromatic carbocycles. The number of phosphoric ester groups is 1. The number of hydrogen-bond acceptors (Lipinski definition) is 8. The van der Waals surface area contributed by atoms with Gasteiger partial charge in [0.1, 0.15) is 19.8 Å². The predicted molar refractivity (Wildman–Crippen MR) is 231 cm³/mol. The monoisotopic (exact) mass is 802 g/mol. The summed E-state index contributed by atoms with van der Waals surface area (Å²) in [6.45, 7) is 3.93. The summed E-state index contributed by atoms with van der Waals surface area (Å²) in [5, 5.41) is 0. The highest BCUT2D eigenvalue weighted by Crippen LogP contribution is 2.38. The molecule has 0 saturated carbocycles. The lowest BCUT2D eigenvalue weighted by molar-refractivity contribution is -0.870. The summed E-state index contributed by atoms with van der Waals surface area (Å²) in [7, 11) is 1.10. The molecule has 0 rings (SSSR count). The van der Waals surface area contributed by atoms with Crippen LogP contribution in [0.5, 0.6) is 0 Å². The molecule has 0 bridgehead atoms. The topological polar surface area (TPSA) is 111 Å². The number of rotatable bonds is 36. The van der Waals surface area contributed by atoms with E-state index < -0.39 is 32.5 Å². The minimum Gasteiger partial charge on any atom is -0.756 e. The second-order valence-corrected chi connectivity index (χ2v) is 16.1. The molecule has 2 atom stereocenters. The Kier molecular flexibility index (Phi) is 35.4. The highest BCUT2D eigenvalue weighted by atomic mass is 31.2. The third-order valence-corrected chi connectivity index (χ3v) is 9.15. The van der Waals surface area contributed by atoms with Gasteiger partial charge in [0, 0.05) is 12.8 Å². The maximum absolute atomic E-state index is 12.6. The van der Waals surface area contributed by atoms with Crippen molar-refractivity contribution < 1.29 is 42.1 Å². The number of unbranched alkanes of at least 4 members (excludes halogenated alkanes) is 9. The number of carbonyl (C=O) groups is 2. The van der Waals surface area contributed by atoms with Crippen LogP contribution in [0.3, 0.4) is 0 Å². The van der Waals surface area contributed by atoms with Crippen molar-refractivity contribution in [1.82, 2.24) is 0 Å². The van der Waals surface area contributed by atoms with Crippen molar-refractivity contribution in [3.8, 4) is 0 Å². The molecule has 0 aliphatic rings. The van der Waals surface area contributed by atoms with Gasteiger partial charge >= 0.3 is 11.9 Å². The van der Waals surface area contributed by atoms with Crippen LogP contribution in [0.15, 0.2) is 97.2 Å². The molecule has 0 aromatic rings. The highest BCUT2D eigenvalue weighted by molar-refractivity contribution is 7.45. The number of esters is 2. The van der Waals surface area contributed by atoms with E-state index in [4.69, 9.17) is 18.5 Å². The van der Waals surface area contributed by atoms with Crippen molar-refractivity contribution in [1.29, 1.82) is 0 Å². The summed E-state index contributed by atoms with van der Waals surface area (Å²) >= 11 is 0. The Bertz CT molecular complexity index is 1270. The molecule has 0 amide bonds. The molecule has 0 N–H and O–H groups in total. The van der Waals surface area contributed by atoms with Crippen LogP contribution in [0.1, 0.15) is 129 Å². The van der Waals surface area contributed by atoms with Crippen molar-refractivity contribution in [3.05, 3.63) is 97.2 Å². The first-order chi connectivity index (χ1) is 27.0. The molecule has 1 unspecified atom stereocenters. The summed E-state index contributed by atoms with van der Waals surface area (Å²) in [4.78, 5) is 37.5. The minimum atomic E-state index is -4.65. The van der Waals surface area contributed by atoms with Gasteiger partial charge in [-0.2, -0.15) is 0 Å². The molecule has 0 aromatic heterocycles. The van der Waals surface area contributed by atoms with Gasteiger partial charge in [-0.25, -0.2) is 0 Å². The second kappa shape index (κ2) is 37.5. The number of ether oxygens (including phenoxy) is 2. The smallest absolute Gasteiger partial charge is 0.306 e. The molecular formula is C46H76NO8P. The van der Waals surface area contributed by atoms with Crippen LogP contribution in [0.4, 0.5) is 0 Å². The summed E-state index contributed by atoms with van der Waals surface area (Å²) in [5.41, 5.74) is 0. The fraction of sp³-hybridized carbons (Fsp3) is 0.609. The average molecular weight is 802 g/mol. The van der Waals surface area contributed by atoms with Crippen LogP contribution in [-0.2, 0) is 32.7 Å². The lowest BCUT2D eigenvalue weighted by atomic mass is 10.1. The van der Waals surface area contributed by atoms with Crippen molar-refractivity contribution in [2.75, 3.05) is 47.5 Å². The number of likely N-dealkylation sites (N-methyl/N-ethyl adjacent to an activating group) is 1. The maximum Gasteiger partial charge on any atom is 0.306 e. The van der Waals surface area contributed by atoms with E-state index in [1.165, 1.54) is 25.7 Å². The molecule has 0 spiro atoms. The van der Waals surface area contributed by atoms with E-state index in [9.17, 15) is 19.0 Å². The Morgan fingerprint density at radius 1 is 0.589 bits per heavy atom. The molecule has 10 heteroatoms. The van der Waals surface area contributed by atoms with Crippen molar-refractivity contribution in [2.45, 2.75) is 136 Å². The number of hydrogen-bond donors (Lipinski definition) is 0. The lowest BCUT2D eigenvalue weighted by Gasteiger charge is -2.28. The number of phosphoric acid groups is 1. The van der Waals surface area contributed by atoms with Crippen molar-refractivity contribution in [2.24, 2.45) is 0 Å². The van der Waals surface area contributed by atoms with Gasteiger partial charge in [0.2, 0.25) is 0 Å². The molecule has 0 aliphatic carbocycles. The van der Waals surface area contributed by atoms with Crippen molar-refractivity contribution >= 4 is 19.8 Å². The maximum atomic E-state index is 12.6. The van der Waals surface area contributed by atoms with E-state index >= 15 is 0 Å². The van der Waals surface area contributed by atoms with E-state index in [1.807, 2.05) is 57.6 Å². The zero-order valence-corrected chi connectivity index (χ0v) is 36.4. The second-order valence-electron chi connectivity index (χ2n) is 14.7. The fourth-order valence-corrected chi connectivity index (χ4v) is 5.62. The van der Waals surface area contributed by atoms with Gasteiger partial charge < -0.3 is 27.9 Å². The molecular weight excluding hydrogens is 725 g/mol. The third-order valence-electron chi connectivity index (χ3n) is 8.18.